The van der Waals surface area contributed by atoms with E-state index in [2.05, 4.69) is 28.5 Å². The minimum absolute atomic E-state index is 0.0794. The van der Waals surface area contributed by atoms with Crippen LogP contribution < -0.4 is 5.32 Å². The quantitative estimate of drug-likeness (QED) is 0.723. The van der Waals surface area contributed by atoms with Gasteiger partial charge in [-0.25, -0.2) is 4.99 Å². The average Bonchev–Trinajstić information content (AvgIpc) is 2.53. The number of amidine groups is 1. The SMILES string of the molecule is Cc1ccc2c(c1)N=C1NC(=O)CC1S2. The second-order valence-electron chi connectivity index (χ2n) is 3.83. The summed E-state index contributed by atoms with van der Waals surface area (Å²) < 4.78 is 0. The van der Waals surface area contributed by atoms with Gasteiger partial charge in [-0.05, 0) is 24.6 Å². The van der Waals surface area contributed by atoms with Crippen LogP contribution in [0.4, 0.5) is 5.69 Å². The van der Waals surface area contributed by atoms with Crippen LogP contribution in [-0.4, -0.2) is 17.0 Å². The van der Waals surface area contributed by atoms with E-state index in [1.807, 2.05) is 6.92 Å². The third-order valence-corrected chi connectivity index (χ3v) is 3.84. The Morgan fingerprint density at radius 1 is 1.53 bits per heavy atom. The zero-order valence-electron chi connectivity index (χ0n) is 8.28. The maximum absolute atomic E-state index is 11.2. The molecule has 0 saturated carbocycles. The van der Waals surface area contributed by atoms with Crippen molar-refractivity contribution in [1.29, 1.82) is 0 Å². The number of hydrogen-bond acceptors (Lipinski definition) is 3. The Bertz CT molecular complexity index is 481. The van der Waals surface area contributed by atoms with E-state index in [0.29, 0.717) is 6.42 Å². The van der Waals surface area contributed by atoms with E-state index in [9.17, 15) is 4.79 Å². The molecule has 4 heteroatoms. The summed E-state index contributed by atoms with van der Waals surface area (Å²) in [6.07, 6.45) is 0.552. The summed E-state index contributed by atoms with van der Waals surface area (Å²) >= 11 is 1.73. The van der Waals surface area contributed by atoms with Gasteiger partial charge >= 0.3 is 0 Å². The molecule has 3 nitrogen and oxygen atoms in total. The fourth-order valence-corrected chi connectivity index (χ4v) is 2.97. The van der Waals surface area contributed by atoms with E-state index in [1.165, 1.54) is 10.5 Å². The second kappa shape index (κ2) is 3.10. The number of nitrogens with one attached hydrogen (secondary N) is 1. The first-order chi connectivity index (χ1) is 7.22. The van der Waals surface area contributed by atoms with Crippen molar-refractivity contribution in [2.45, 2.75) is 23.5 Å². The largest absolute Gasteiger partial charge is 0.313 e. The van der Waals surface area contributed by atoms with Gasteiger partial charge in [0.15, 0.2) is 0 Å². The first-order valence-corrected chi connectivity index (χ1v) is 5.76. The van der Waals surface area contributed by atoms with Crippen molar-refractivity contribution in [1.82, 2.24) is 5.32 Å². The molecule has 3 rings (SSSR count). The van der Waals surface area contributed by atoms with Crippen LogP contribution in [0.15, 0.2) is 28.1 Å². The number of rotatable bonds is 0. The number of thioether (sulfide) groups is 1. The van der Waals surface area contributed by atoms with Crippen LogP contribution >= 0.6 is 11.8 Å². The highest BCUT2D eigenvalue weighted by Gasteiger charge is 2.32. The zero-order valence-corrected chi connectivity index (χ0v) is 9.10. The van der Waals surface area contributed by atoms with E-state index < -0.39 is 0 Å². The number of amides is 1. The van der Waals surface area contributed by atoms with Crippen molar-refractivity contribution in [3.05, 3.63) is 23.8 Å². The molecule has 1 saturated heterocycles. The molecule has 0 radical (unpaired) electrons. The van der Waals surface area contributed by atoms with E-state index in [4.69, 9.17) is 0 Å². The molecule has 1 aromatic carbocycles. The van der Waals surface area contributed by atoms with Gasteiger partial charge < -0.3 is 5.32 Å². The van der Waals surface area contributed by atoms with Gasteiger partial charge in [0.25, 0.3) is 0 Å². The van der Waals surface area contributed by atoms with E-state index in [0.717, 1.165) is 11.5 Å². The highest BCUT2D eigenvalue weighted by molar-refractivity contribution is 8.01. The monoisotopic (exact) mass is 218 g/mol. The summed E-state index contributed by atoms with van der Waals surface area (Å²) in [5, 5.41) is 3.01. The lowest BCUT2D eigenvalue weighted by atomic mass is 10.2. The highest BCUT2D eigenvalue weighted by atomic mass is 32.2. The Balaban J connectivity index is 2.07. The Hall–Kier alpha value is -1.29. The molecule has 2 aliphatic heterocycles. The summed E-state index contributed by atoms with van der Waals surface area (Å²) in [6, 6.07) is 6.21. The number of benzene rings is 1. The minimum Gasteiger partial charge on any atom is -0.313 e. The summed E-state index contributed by atoms with van der Waals surface area (Å²) in [7, 11) is 0. The third kappa shape index (κ3) is 1.45. The number of fused-ring (bicyclic) bond motifs is 2. The maximum Gasteiger partial charge on any atom is 0.226 e. The molecule has 0 spiro atoms. The van der Waals surface area contributed by atoms with E-state index in [-0.39, 0.29) is 11.2 Å². The van der Waals surface area contributed by atoms with Crippen molar-refractivity contribution in [2.24, 2.45) is 4.99 Å². The van der Waals surface area contributed by atoms with Gasteiger partial charge in [0.05, 0.1) is 10.9 Å². The molecule has 1 fully saturated rings. The van der Waals surface area contributed by atoms with Crippen molar-refractivity contribution in [3.63, 3.8) is 0 Å². The number of nitrogens with zero attached hydrogens (tertiary/aromatic N) is 1. The summed E-state index contributed by atoms with van der Waals surface area (Å²) in [6.45, 7) is 2.05. The predicted octanol–water partition coefficient (Wildman–Crippen LogP) is 2.02. The first-order valence-electron chi connectivity index (χ1n) is 4.88. The Morgan fingerprint density at radius 3 is 3.27 bits per heavy atom. The Labute approximate surface area is 92.0 Å². The normalized spacial score (nSPS) is 22.9. The van der Waals surface area contributed by atoms with Crippen LogP contribution in [0.5, 0.6) is 0 Å². The van der Waals surface area contributed by atoms with Crippen LogP contribution in [0.25, 0.3) is 0 Å². The molecular formula is C11H10N2OS. The van der Waals surface area contributed by atoms with Crippen LogP contribution in [0.2, 0.25) is 0 Å². The molecule has 2 aliphatic rings. The number of hydrogen-bond donors (Lipinski definition) is 1. The lowest BCUT2D eigenvalue weighted by molar-refractivity contribution is -0.118. The summed E-state index contributed by atoms with van der Waals surface area (Å²) in [5.41, 5.74) is 2.18. The fraction of sp³-hybridized carbons (Fsp3) is 0.273. The maximum atomic E-state index is 11.2. The van der Waals surface area contributed by atoms with Gasteiger partial charge in [0.1, 0.15) is 5.84 Å². The van der Waals surface area contributed by atoms with Crippen LogP contribution in [0, 0.1) is 6.92 Å². The van der Waals surface area contributed by atoms with Crippen molar-refractivity contribution in [3.8, 4) is 0 Å². The van der Waals surface area contributed by atoms with Gasteiger partial charge in [-0.1, -0.05) is 6.07 Å². The van der Waals surface area contributed by atoms with Crippen molar-refractivity contribution in [2.75, 3.05) is 0 Å². The fourth-order valence-electron chi connectivity index (χ4n) is 1.83. The molecule has 0 bridgehead atoms. The number of carbonyl (C=O) groups is 1. The predicted molar refractivity (Wildman–Crippen MR) is 60.7 cm³/mol. The number of aryl methyl sites for hydroxylation is 1. The minimum atomic E-state index is 0.0794. The number of aliphatic imine (C=N–C) groups is 1. The van der Waals surface area contributed by atoms with E-state index >= 15 is 0 Å². The lowest BCUT2D eigenvalue weighted by Gasteiger charge is -2.17. The lowest BCUT2D eigenvalue weighted by Crippen LogP contribution is -2.24. The molecular weight excluding hydrogens is 208 g/mol. The smallest absolute Gasteiger partial charge is 0.226 e. The molecule has 76 valence electrons. The standard InChI is InChI=1S/C11H10N2OS/c1-6-2-3-8-7(4-6)12-11-9(15-8)5-10(14)13-11/h2-4,9H,5H2,1H3,(H,12,13,14). The molecule has 0 aromatic heterocycles. The summed E-state index contributed by atoms with van der Waals surface area (Å²) in [5.74, 6) is 0.902. The average molecular weight is 218 g/mol. The highest BCUT2D eigenvalue weighted by Crippen LogP contribution is 2.40. The van der Waals surface area contributed by atoms with Crippen LogP contribution in [-0.2, 0) is 4.79 Å². The molecule has 1 atom stereocenters. The van der Waals surface area contributed by atoms with Crippen LogP contribution in [0.3, 0.4) is 0 Å². The summed E-state index contributed by atoms with van der Waals surface area (Å²) in [4.78, 5) is 16.9. The third-order valence-electron chi connectivity index (χ3n) is 2.57. The van der Waals surface area contributed by atoms with Gasteiger partial charge in [-0.2, -0.15) is 0 Å². The molecule has 15 heavy (non-hydrogen) atoms. The molecule has 1 unspecified atom stereocenters. The topological polar surface area (TPSA) is 41.5 Å². The van der Waals surface area contributed by atoms with Gasteiger partial charge in [-0.15, -0.1) is 11.8 Å². The van der Waals surface area contributed by atoms with Gasteiger partial charge in [0, 0.05) is 11.3 Å². The molecule has 0 aliphatic carbocycles. The van der Waals surface area contributed by atoms with Crippen molar-refractivity contribution < 1.29 is 4.79 Å². The van der Waals surface area contributed by atoms with E-state index in [1.54, 1.807) is 11.8 Å². The molecule has 2 heterocycles. The van der Waals surface area contributed by atoms with Gasteiger partial charge in [0.2, 0.25) is 5.91 Å². The Kier molecular flexibility index (Phi) is 1.85. The Morgan fingerprint density at radius 2 is 2.40 bits per heavy atom. The van der Waals surface area contributed by atoms with Gasteiger partial charge in [-0.3, -0.25) is 4.79 Å². The first kappa shape index (κ1) is 8.97. The molecule has 1 amide bonds. The second-order valence-corrected chi connectivity index (χ2v) is 5.07. The number of carbonyl (C=O) groups excluding carboxylic acids is 1. The van der Waals surface area contributed by atoms with Crippen molar-refractivity contribution >= 4 is 29.2 Å². The molecule has 1 aromatic rings. The van der Waals surface area contributed by atoms with Crippen LogP contribution in [0.1, 0.15) is 12.0 Å². The zero-order chi connectivity index (χ0) is 10.4. The molecule has 1 N–H and O–H groups in total.